The lowest BCUT2D eigenvalue weighted by Crippen LogP contribution is -2.79. The highest BCUT2D eigenvalue weighted by molar-refractivity contribution is 6.55. The van der Waals surface area contributed by atoms with Gasteiger partial charge in [0, 0.05) is 7.11 Å². The van der Waals surface area contributed by atoms with Crippen LogP contribution in [0, 0.1) is 0 Å². The minimum absolute atomic E-state index is 0.423. The minimum atomic E-state index is -6.94. The molecule has 1 heterocycles. The van der Waals surface area contributed by atoms with E-state index in [0.29, 0.717) is 0 Å². The maximum atomic E-state index is 13.2. The summed E-state index contributed by atoms with van der Waals surface area (Å²) in [4.78, 5) is 21.4. The molecule has 1 unspecified atom stereocenters. The lowest BCUT2D eigenvalue weighted by atomic mass is 9.79. The third kappa shape index (κ3) is 3.06. The monoisotopic (exact) mass is 410 g/mol. The molecule has 0 saturated carbocycles. The van der Waals surface area contributed by atoms with Crippen molar-refractivity contribution in [3.05, 3.63) is 0 Å². The Kier molecular flexibility index (Phi) is 5.51. The van der Waals surface area contributed by atoms with Crippen LogP contribution in [0.4, 0.5) is 43.9 Å². The second-order valence-electron chi connectivity index (χ2n) is 4.56. The van der Waals surface area contributed by atoms with Crippen molar-refractivity contribution in [2.75, 3.05) is 13.8 Å². The van der Waals surface area contributed by atoms with Crippen molar-refractivity contribution >= 4 is 19.3 Å². The number of alkyl halides is 10. The first-order valence-corrected chi connectivity index (χ1v) is 5.91. The van der Waals surface area contributed by atoms with Gasteiger partial charge >= 0.3 is 37.8 Å². The zero-order valence-electron chi connectivity index (χ0n) is 12.0. The summed E-state index contributed by atoms with van der Waals surface area (Å²) < 4.78 is 145. The zero-order chi connectivity index (χ0) is 20.8. The van der Waals surface area contributed by atoms with E-state index in [0.717, 1.165) is 0 Å². The number of carbonyl (C=O) groups is 2. The van der Waals surface area contributed by atoms with Crippen molar-refractivity contribution in [3.63, 3.8) is 0 Å². The van der Waals surface area contributed by atoms with Crippen LogP contribution in [0.25, 0.3) is 0 Å². The molecule has 1 fully saturated rings. The highest BCUT2D eigenvalue weighted by atomic mass is 19.4. The number of rotatable bonds is 5. The molecule has 26 heavy (non-hydrogen) atoms. The van der Waals surface area contributed by atoms with Crippen LogP contribution in [0.5, 0.6) is 0 Å². The molecule has 0 aromatic carbocycles. The van der Waals surface area contributed by atoms with Crippen molar-refractivity contribution in [2.24, 2.45) is 0 Å². The lowest BCUT2D eigenvalue weighted by Gasteiger charge is -2.48. The van der Waals surface area contributed by atoms with Gasteiger partial charge in [0.15, 0.2) is 0 Å². The molecule has 0 aromatic heterocycles. The molecular weight excluding hydrogens is 405 g/mol. The molecule has 150 valence electrons. The third-order valence-electron chi connectivity index (χ3n) is 3.19. The summed E-state index contributed by atoms with van der Waals surface area (Å²) in [7, 11) is -3.76. The lowest BCUT2D eigenvalue weighted by molar-refractivity contribution is -0.454. The van der Waals surface area contributed by atoms with E-state index in [2.05, 4.69) is 18.7 Å². The summed E-state index contributed by atoms with van der Waals surface area (Å²) in [6, 6.07) is 0. The van der Waals surface area contributed by atoms with Crippen molar-refractivity contribution in [1.82, 2.24) is 0 Å². The first-order chi connectivity index (χ1) is 11.5. The molecule has 1 atom stereocenters. The maximum absolute atomic E-state index is 13.2. The van der Waals surface area contributed by atoms with Crippen molar-refractivity contribution in [3.8, 4) is 0 Å². The van der Waals surface area contributed by atoms with E-state index >= 15 is 0 Å². The van der Waals surface area contributed by atoms with E-state index in [1.54, 1.807) is 0 Å². The summed E-state index contributed by atoms with van der Waals surface area (Å²) in [6.45, 7) is -3.50. The van der Waals surface area contributed by atoms with Crippen molar-refractivity contribution in [2.45, 2.75) is 29.7 Å². The first-order valence-electron chi connectivity index (χ1n) is 5.91. The van der Waals surface area contributed by atoms with Crippen molar-refractivity contribution in [1.29, 1.82) is 0 Å². The molecule has 1 rings (SSSR count). The van der Waals surface area contributed by atoms with Gasteiger partial charge < -0.3 is 18.7 Å². The van der Waals surface area contributed by atoms with Gasteiger partial charge in [-0.25, -0.2) is 14.0 Å². The van der Waals surface area contributed by atoms with Gasteiger partial charge in [0.25, 0.3) is 5.60 Å². The van der Waals surface area contributed by atoms with Gasteiger partial charge in [-0.2, -0.15) is 39.5 Å². The van der Waals surface area contributed by atoms with Crippen molar-refractivity contribution < 1.29 is 72.2 Å². The predicted molar refractivity (Wildman–Crippen MR) is 55.6 cm³/mol. The Balaban J connectivity index is 3.71. The molecular formula is C9H5BF10O6. The van der Waals surface area contributed by atoms with Crippen LogP contribution < -0.4 is 0 Å². The van der Waals surface area contributed by atoms with E-state index in [-0.39, 0.29) is 0 Å². The van der Waals surface area contributed by atoms with Crippen LogP contribution in [0.15, 0.2) is 0 Å². The zero-order valence-corrected chi connectivity index (χ0v) is 12.0. The van der Waals surface area contributed by atoms with Crippen LogP contribution in [0.2, 0.25) is 0 Å². The van der Waals surface area contributed by atoms with E-state index < -0.39 is 62.8 Å². The van der Waals surface area contributed by atoms with Gasteiger partial charge in [-0.3, -0.25) is 0 Å². The molecule has 6 nitrogen and oxygen atoms in total. The van der Waals surface area contributed by atoms with E-state index in [4.69, 9.17) is 0 Å². The minimum Gasteiger partial charge on any atom is -0.465 e. The van der Waals surface area contributed by atoms with Crippen LogP contribution >= 0.6 is 0 Å². The van der Waals surface area contributed by atoms with Gasteiger partial charge in [-0.15, -0.1) is 0 Å². The number of hydrogen-bond donors (Lipinski definition) is 0. The Hall–Kier alpha value is -1.78. The summed E-state index contributed by atoms with van der Waals surface area (Å²) >= 11 is 0. The molecule has 0 radical (unpaired) electrons. The quantitative estimate of drug-likeness (QED) is 0.392. The SMILES string of the molecule is COC(C(F)(F)F)(C(F)(F)F)C(CF)(OB1OC(=O)C(=O)O1)C(F)(F)F. The number of halogens is 10. The smallest absolute Gasteiger partial charge is 0.465 e. The second-order valence-corrected chi connectivity index (χ2v) is 4.56. The molecule has 0 N–H and O–H groups in total. The Morgan fingerprint density at radius 1 is 0.846 bits per heavy atom. The van der Waals surface area contributed by atoms with Crippen LogP contribution in [0.1, 0.15) is 0 Å². The van der Waals surface area contributed by atoms with Gasteiger partial charge in [-0.05, 0) is 0 Å². The van der Waals surface area contributed by atoms with E-state index in [1.807, 2.05) is 0 Å². The number of hydrogen-bond acceptors (Lipinski definition) is 6. The average Bonchev–Trinajstić information content (AvgIpc) is 2.72. The molecule has 0 spiro atoms. The standard InChI is InChI=1S/C9H5BF10O6/c1-23-6(8(15,16)17,9(18,19)20)5(2-11,7(12,13)14)26-10-24-3(21)4(22)25-10/h2H2,1H3. The Bertz CT molecular complexity index is 541. The Morgan fingerprint density at radius 2 is 1.23 bits per heavy atom. The molecule has 0 aliphatic carbocycles. The van der Waals surface area contributed by atoms with Crippen LogP contribution in [0.3, 0.4) is 0 Å². The second kappa shape index (κ2) is 6.43. The summed E-state index contributed by atoms with van der Waals surface area (Å²) in [5.74, 6) is -4.18. The Morgan fingerprint density at radius 3 is 1.46 bits per heavy atom. The molecule has 0 bridgehead atoms. The fourth-order valence-electron chi connectivity index (χ4n) is 2.07. The number of carbonyl (C=O) groups excluding carboxylic acids is 2. The predicted octanol–water partition coefficient (Wildman–Crippen LogP) is 1.87. The third-order valence-corrected chi connectivity index (χ3v) is 3.19. The topological polar surface area (TPSA) is 71.1 Å². The summed E-state index contributed by atoms with van der Waals surface area (Å²) in [6.07, 6.45) is -20.6. The van der Waals surface area contributed by atoms with Crippen LogP contribution in [-0.4, -0.2) is 62.8 Å². The average molecular weight is 410 g/mol. The highest BCUT2D eigenvalue weighted by Gasteiger charge is 2.89. The van der Waals surface area contributed by atoms with Gasteiger partial charge in [0.05, 0.1) is 0 Å². The van der Waals surface area contributed by atoms with Gasteiger partial charge in [-0.1, -0.05) is 0 Å². The molecule has 1 aliphatic heterocycles. The summed E-state index contributed by atoms with van der Waals surface area (Å²) in [5, 5.41) is 0. The normalized spacial score (nSPS) is 19.3. The molecule has 0 aromatic rings. The fraction of sp³-hybridized carbons (Fsp3) is 0.778. The highest BCUT2D eigenvalue weighted by Crippen LogP contribution is 2.58. The molecule has 0 amide bonds. The molecule has 1 aliphatic rings. The number of methoxy groups -OCH3 is 1. The van der Waals surface area contributed by atoms with Crippen LogP contribution in [-0.2, 0) is 28.3 Å². The van der Waals surface area contributed by atoms with Gasteiger partial charge in [0.1, 0.15) is 6.67 Å². The molecule has 1 saturated heterocycles. The largest absolute Gasteiger partial charge is 0.793 e. The number of ether oxygens (including phenoxy) is 1. The fourth-order valence-corrected chi connectivity index (χ4v) is 2.07. The van der Waals surface area contributed by atoms with E-state index in [1.165, 1.54) is 0 Å². The molecule has 17 heteroatoms. The maximum Gasteiger partial charge on any atom is 0.793 e. The Labute approximate surface area is 136 Å². The summed E-state index contributed by atoms with van der Waals surface area (Å²) in [5.41, 5.74) is -12.2. The first kappa shape index (κ1) is 22.3. The van der Waals surface area contributed by atoms with E-state index in [9.17, 15) is 53.5 Å². The van der Waals surface area contributed by atoms with Gasteiger partial charge in [0.2, 0.25) is 5.60 Å².